The van der Waals surface area contributed by atoms with Gasteiger partial charge in [-0.1, -0.05) is 91.0 Å². The van der Waals surface area contributed by atoms with Crippen LogP contribution in [-0.2, 0) is 9.13 Å². The first-order valence-corrected chi connectivity index (χ1v) is 17.9. The molecule has 0 unspecified atom stereocenters. The third-order valence-electron chi connectivity index (χ3n) is 8.57. The summed E-state index contributed by atoms with van der Waals surface area (Å²) in [7, 11) is -6.75. The van der Waals surface area contributed by atoms with E-state index in [1.165, 1.54) is 0 Å². The SMILES string of the molecule is Cc1cccc(C)c1P(=O)(c1cccc(P(=O)(c2c(C)cccc2C)c2c(C)cccc2C)c1)c1c(C)cccc1C. The molecule has 42 heavy (non-hydrogen) atoms. The normalized spacial score (nSPS) is 12.0. The molecule has 5 rings (SSSR count). The second kappa shape index (κ2) is 11.3. The first kappa shape index (κ1) is 30.0. The molecule has 0 amide bonds. The van der Waals surface area contributed by atoms with Crippen molar-refractivity contribution in [1.82, 2.24) is 0 Å². The molecule has 0 aliphatic rings. The Morgan fingerprint density at radius 1 is 0.333 bits per heavy atom. The Morgan fingerprint density at radius 3 is 0.738 bits per heavy atom. The van der Waals surface area contributed by atoms with Gasteiger partial charge in [0, 0.05) is 31.8 Å². The van der Waals surface area contributed by atoms with Crippen LogP contribution < -0.4 is 31.8 Å². The van der Waals surface area contributed by atoms with Crippen molar-refractivity contribution in [1.29, 1.82) is 0 Å². The van der Waals surface area contributed by atoms with Crippen LogP contribution in [0.5, 0.6) is 0 Å². The molecule has 0 saturated carbocycles. The molecule has 0 fully saturated rings. The minimum Gasteiger partial charge on any atom is -0.309 e. The second-order valence-corrected chi connectivity index (χ2v) is 17.0. The van der Waals surface area contributed by atoms with Crippen LogP contribution in [0, 0.1) is 55.4 Å². The Hall–Kier alpha value is -3.44. The zero-order chi connectivity index (χ0) is 30.4. The van der Waals surface area contributed by atoms with E-state index in [0.29, 0.717) is 10.6 Å². The number of rotatable bonds is 6. The summed E-state index contributed by atoms with van der Waals surface area (Å²) in [4.78, 5) is 0. The summed E-state index contributed by atoms with van der Waals surface area (Å²) in [5, 5.41) is 4.91. The maximum absolute atomic E-state index is 16.0. The minimum absolute atomic E-state index is 0.715. The molecule has 0 spiro atoms. The first-order valence-electron chi connectivity index (χ1n) is 14.5. The summed E-state index contributed by atoms with van der Waals surface area (Å²) in [6.45, 7) is 16.4. The Labute approximate surface area is 251 Å². The third-order valence-corrected chi connectivity index (χ3v) is 15.9. The smallest absolute Gasteiger partial charge is 0.172 e. The van der Waals surface area contributed by atoms with Gasteiger partial charge in [0.15, 0.2) is 14.3 Å². The highest BCUT2D eigenvalue weighted by Gasteiger charge is 2.39. The Kier molecular flexibility index (Phi) is 8.10. The molecule has 214 valence electrons. The van der Waals surface area contributed by atoms with Crippen molar-refractivity contribution in [2.45, 2.75) is 55.4 Å². The van der Waals surface area contributed by atoms with E-state index in [4.69, 9.17) is 0 Å². The van der Waals surface area contributed by atoms with E-state index in [0.717, 1.165) is 65.7 Å². The Morgan fingerprint density at radius 2 is 0.524 bits per heavy atom. The fourth-order valence-electron chi connectivity index (χ4n) is 6.83. The van der Waals surface area contributed by atoms with E-state index in [1.54, 1.807) is 0 Å². The molecule has 5 aromatic carbocycles. The number of hydrogen-bond acceptors (Lipinski definition) is 2. The molecule has 0 aliphatic heterocycles. The lowest BCUT2D eigenvalue weighted by Gasteiger charge is -2.29. The molecule has 2 nitrogen and oxygen atoms in total. The summed E-state index contributed by atoms with van der Waals surface area (Å²) < 4.78 is 32.1. The summed E-state index contributed by atoms with van der Waals surface area (Å²) in [5.74, 6) is 0. The van der Waals surface area contributed by atoms with Gasteiger partial charge < -0.3 is 9.13 Å². The van der Waals surface area contributed by atoms with Crippen molar-refractivity contribution < 1.29 is 9.13 Å². The molecule has 0 aliphatic carbocycles. The molecule has 4 heteroatoms. The van der Waals surface area contributed by atoms with Crippen LogP contribution in [0.3, 0.4) is 0 Å². The van der Waals surface area contributed by atoms with Gasteiger partial charge in [0.25, 0.3) is 0 Å². The van der Waals surface area contributed by atoms with E-state index >= 15 is 9.13 Å². The molecule has 0 saturated heterocycles. The highest BCUT2D eigenvalue weighted by Crippen LogP contribution is 2.49. The fourth-order valence-corrected chi connectivity index (χ4v) is 14.2. The van der Waals surface area contributed by atoms with E-state index in [2.05, 4.69) is 0 Å². The van der Waals surface area contributed by atoms with Crippen LogP contribution in [0.1, 0.15) is 44.5 Å². The van der Waals surface area contributed by atoms with E-state index < -0.39 is 14.3 Å². The van der Waals surface area contributed by atoms with Crippen molar-refractivity contribution >= 4 is 46.1 Å². The van der Waals surface area contributed by atoms with Crippen LogP contribution in [0.15, 0.2) is 97.1 Å². The van der Waals surface area contributed by atoms with Crippen LogP contribution >= 0.6 is 14.3 Å². The van der Waals surface area contributed by atoms with Crippen molar-refractivity contribution in [3.05, 3.63) is 142 Å². The highest BCUT2D eigenvalue weighted by molar-refractivity contribution is 7.87. The van der Waals surface area contributed by atoms with Gasteiger partial charge in [0.05, 0.1) is 0 Å². The zero-order valence-electron chi connectivity index (χ0n) is 25.9. The molecule has 0 aromatic heterocycles. The number of benzene rings is 5. The average Bonchev–Trinajstić information content (AvgIpc) is 2.92. The molecular formula is C38H40O2P2. The van der Waals surface area contributed by atoms with E-state index in [9.17, 15) is 0 Å². The third kappa shape index (κ3) is 4.76. The van der Waals surface area contributed by atoms with Gasteiger partial charge in [-0.15, -0.1) is 0 Å². The predicted octanol–water partition coefficient (Wildman–Crippen LogP) is 7.43. The van der Waals surface area contributed by atoms with Crippen molar-refractivity contribution in [3.8, 4) is 0 Å². The lowest BCUT2D eigenvalue weighted by molar-refractivity contribution is 0.592. The summed E-state index contributed by atoms with van der Waals surface area (Å²) >= 11 is 0. The van der Waals surface area contributed by atoms with Crippen molar-refractivity contribution in [2.75, 3.05) is 0 Å². The molecule has 0 radical (unpaired) electrons. The fraction of sp³-hybridized carbons (Fsp3) is 0.211. The molecule has 0 atom stereocenters. The minimum atomic E-state index is -3.38. The monoisotopic (exact) mass is 590 g/mol. The van der Waals surface area contributed by atoms with Gasteiger partial charge in [-0.05, 0) is 106 Å². The quantitative estimate of drug-likeness (QED) is 0.193. The van der Waals surface area contributed by atoms with Gasteiger partial charge in [-0.25, -0.2) is 0 Å². The van der Waals surface area contributed by atoms with Crippen LogP contribution in [0.2, 0.25) is 0 Å². The average molecular weight is 591 g/mol. The number of hydrogen-bond donors (Lipinski definition) is 0. The molecule has 0 heterocycles. The van der Waals surface area contributed by atoms with Gasteiger partial charge in [0.1, 0.15) is 0 Å². The maximum Gasteiger partial charge on any atom is 0.172 e. The molecule has 5 aromatic rings. The predicted molar refractivity (Wildman–Crippen MR) is 183 cm³/mol. The van der Waals surface area contributed by atoms with E-state index in [1.807, 2.05) is 152 Å². The lowest BCUT2D eigenvalue weighted by Crippen LogP contribution is -2.35. The topological polar surface area (TPSA) is 34.1 Å². The molecular weight excluding hydrogens is 550 g/mol. The largest absolute Gasteiger partial charge is 0.309 e. The first-order chi connectivity index (χ1) is 19.9. The van der Waals surface area contributed by atoms with Crippen LogP contribution in [0.25, 0.3) is 0 Å². The number of aryl methyl sites for hydroxylation is 8. The summed E-state index contributed by atoms with van der Waals surface area (Å²) in [5.41, 5.74) is 7.99. The van der Waals surface area contributed by atoms with Gasteiger partial charge in [-0.2, -0.15) is 0 Å². The standard InChI is InChI=1S/C38H40O2P2/c1-25-14-9-15-26(2)35(25)41(39,36-27(3)16-10-17-28(36)4)33-22-13-23-34(24-33)42(40,37-29(5)18-11-19-30(37)6)38-31(7)20-12-21-32(38)8/h9-24H,1-8H3. The highest BCUT2D eigenvalue weighted by atomic mass is 31.2. The van der Waals surface area contributed by atoms with Crippen LogP contribution in [-0.4, -0.2) is 0 Å². The summed E-state index contributed by atoms with van der Waals surface area (Å²) in [6, 6.07) is 32.4. The molecule has 0 bridgehead atoms. The van der Waals surface area contributed by atoms with Crippen LogP contribution in [0.4, 0.5) is 0 Å². The second-order valence-electron chi connectivity index (χ2n) is 11.7. The van der Waals surface area contributed by atoms with Crippen molar-refractivity contribution in [2.24, 2.45) is 0 Å². The Bertz CT molecular complexity index is 1600. The Balaban J connectivity index is 1.93. The van der Waals surface area contributed by atoms with Crippen molar-refractivity contribution in [3.63, 3.8) is 0 Å². The van der Waals surface area contributed by atoms with Gasteiger partial charge in [0.2, 0.25) is 0 Å². The van der Waals surface area contributed by atoms with E-state index in [-0.39, 0.29) is 0 Å². The van der Waals surface area contributed by atoms with Gasteiger partial charge in [-0.3, -0.25) is 0 Å². The maximum atomic E-state index is 16.0. The summed E-state index contributed by atoms with van der Waals surface area (Å²) in [6.07, 6.45) is 0. The lowest BCUT2D eigenvalue weighted by atomic mass is 10.1. The zero-order valence-corrected chi connectivity index (χ0v) is 27.7. The molecule has 0 N–H and O–H groups in total. The van der Waals surface area contributed by atoms with Gasteiger partial charge >= 0.3 is 0 Å².